The fourth-order valence-electron chi connectivity index (χ4n) is 2.20. The second-order valence-electron chi connectivity index (χ2n) is 4.72. The van der Waals surface area contributed by atoms with E-state index in [9.17, 15) is 14.9 Å². The molecule has 2 rings (SSSR count). The lowest BCUT2D eigenvalue weighted by Gasteiger charge is -2.12. The first-order valence-corrected chi connectivity index (χ1v) is 6.38. The van der Waals surface area contributed by atoms with E-state index in [4.69, 9.17) is 9.84 Å². The lowest BCUT2D eigenvalue weighted by molar-refractivity contribution is -0.384. The van der Waals surface area contributed by atoms with Gasteiger partial charge >= 0.3 is 5.97 Å². The SMILES string of the molecule is O=C(O)C1CCC(CNCc2cccc([N+](=O)[O-])c2)O1. The number of nitrogens with one attached hydrogen (secondary N) is 1. The smallest absolute Gasteiger partial charge is 0.332 e. The summed E-state index contributed by atoms with van der Waals surface area (Å²) >= 11 is 0. The van der Waals surface area contributed by atoms with Crippen molar-refractivity contribution in [2.24, 2.45) is 0 Å². The minimum Gasteiger partial charge on any atom is -0.479 e. The van der Waals surface area contributed by atoms with Gasteiger partial charge in [0.1, 0.15) is 0 Å². The topological polar surface area (TPSA) is 102 Å². The average Bonchev–Trinajstić information content (AvgIpc) is 2.88. The van der Waals surface area contributed by atoms with E-state index < -0.39 is 17.0 Å². The van der Waals surface area contributed by atoms with Crippen molar-refractivity contribution in [1.82, 2.24) is 5.32 Å². The predicted molar refractivity (Wildman–Crippen MR) is 70.3 cm³/mol. The van der Waals surface area contributed by atoms with Crippen LogP contribution in [0.3, 0.4) is 0 Å². The van der Waals surface area contributed by atoms with Gasteiger partial charge in [0, 0.05) is 25.2 Å². The quantitative estimate of drug-likeness (QED) is 0.602. The molecule has 2 unspecified atom stereocenters. The predicted octanol–water partition coefficient (Wildman–Crippen LogP) is 1.32. The van der Waals surface area contributed by atoms with Crippen molar-refractivity contribution in [1.29, 1.82) is 0 Å². The maximum Gasteiger partial charge on any atom is 0.332 e. The molecule has 1 saturated heterocycles. The number of ether oxygens (including phenoxy) is 1. The maximum absolute atomic E-state index is 10.7. The first kappa shape index (κ1) is 14.4. The molecule has 1 aromatic rings. The van der Waals surface area contributed by atoms with Gasteiger partial charge in [0.25, 0.3) is 5.69 Å². The molecule has 0 spiro atoms. The molecule has 1 aliphatic rings. The highest BCUT2D eigenvalue weighted by atomic mass is 16.6. The van der Waals surface area contributed by atoms with Gasteiger partial charge in [0.15, 0.2) is 6.10 Å². The van der Waals surface area contributed by atoms with E-state index in [2.05, 4.69) is 5.32 Å². The van der Waals surface area contributed by atoms with Crippen molar-refractivity contribution in [3.8, 4) is 0 Å². The van der Waals surface area contributed by atoms with Gasteiger partial charge in [0.05, 0.1) is 11.0 Å². The van der Waals surface area contributed by atoms with Crippen molar-refractivity contribution in [2.45, 2.75) is 31.6 Å². The molecular formula is C13H16N2O5. The van der Waals surface area contributed by atoms with Gasteiger partial charge in [-0.25, -0.2) is 4.79 Å². The second kappa shape index (κ2) is 6.44. The Morgan fingerprint density at radius 2 is 2.30 bits per heavy atom. The zero-order chi connectivity index (χ0) is 14.5. The molecule has 7 nitrogen and oxygen atoms in total. The number of nitro groups is 1. The molecule has 0 amide bonds. The van der Waals surface area contributed by atoms with Crippen LogP contribution >= 0.6 is 0 Å². The summed E-state index contributed by atoms with van der Waals surface area (Å²) in [5.74, 6) is -0.925. The van der Waals surface area contributed by atoms with Gasteiger partial charge in [-0.15, -0.1) is 0 Å². The number of benzene rings is 1. The number of carbonyl (C=O) groups is 1. The van der Waals surface area contributed by atoms with Crippen molar-refractivity contribution >= 4 is 11.7 Å². The monoisotopic (exact) mass is 280 g/mol. The van der Waals surface area contributed by atoms with Crippen LogP contribution in [0.25, 0.3) is 0 Å². The molecule has 2 atom stereocenters. The van der Waals surface area contributed by atoms with Gasteiger partial charge in [0.2, 0.25) is 0 Å². The summed E-state index contributed by atoms with van der Waals surface area (Å²) in [4.78, 5) is 21.0. The average molecular weight is 280 g/mol. The highest BCUT2D eigenvalue weighted by Gasteiger charge is 2.29. The second-order valence-corrected chi connectivity index (χ2v) is 4.72. The Hall–Kier alpha value is -1.99. The van der Waals surface area contributed by atoms with E-state index in [1.54, 1.807) is 12.1 Å². The number of carboxylic acid groups (broad SMARTS) is 1. The summed E-state index contributed by atoms with van der Waals surface area (Å²) in [6.07, 6.45) is 0.409. The molecule has 7 heteroatoms. The Kier molecular flexibility index (Phi) is 4.65. The Balaban J connectivity index is 1.78. The largest absolute Gasteiger partial charge is 0.479 e. The molecule has 20 heavy (non-hydrogen) atoms. The minimum atomic E-state index is -0.925. The molecule has 0 aromatic heterocycles. The third kappa shape index (κ3) is 3.75. The van der Waals surface area contributed by atoms with Crippen molar-refractivity contribution in [2.75, 3.05) is 6.54 Å². The van der Waals surface area contributed by atoms with Crippen LogP contribution < -0.4 is 5.32 Å². The highest BCUT2D eigenvalue weighted by Crippen LogP contribution is 2.19. The van der Waals surface area contributed by atoms with Gasteiger partial charge < -0.3 is 15.2 Å². The van der Waals surface area contributed by atoms with E-state index in [-0.39, 0.29) is 11.8 Å². The van der Waals surface area contributed by atoms with Crippen molar-refractivity contribution in [3.05, 3.63) is 39.9 Å². The first-order valence-electron chi connectivity index (χ1n) is 6.38. The normalized spacial score (nSPS) is 21.8. The Morgan fingerprint density at radius 1 is 1.50 bits per heavy atom. The van der Waals surface area contributed by atoms with Crippen LogP contribution in [0.1, 0.15) is 18.4 Å². The molecule has 108 valence electrons. The molecule has 1 heterocycles. The number of hydrogen-bond donors (Lipinski definition) is 2. The molecule has 0 aliphatic carbocycles. The van der Waals surface area contributed by atoms with Crippen molar-refractivity contribution in [3.63, 3.8) is 0 Å². The fourth-order valence-corrected chi connectivity index (χ4v) is 2.20. The third-order valence-electron chi connectivity index (χ3n) is 3.21. The number of nitro benzene ring substituents is 1. The van der Waals surface area contributed by atoms with Crippen molar-refractivity contribution < 1.29 is 19.6 Å². The van der Waals surface area contributed by atoms with E-state index >= 15 is 0 Å². The van der Waals surface area contributed by atoms with Crippen LogP contribution in [-0.2, 0) is 16.1 Å². The van der Waals surface area contributed by atoms with Crippen LogP contribution in [0.4, 0.5) is 5.69 Å². The van der Waals surface area contributed by atoms with Crippen LogP contribution in [0, 0.1) is 10.1 Å². The Morgan fingerprint density at radius 3 is 2.95 bits per heavy atom. The van der Waals surface area contributed by atoms with Crippen LogP contribution in [0.15, 0.2) is 24.3 Å². The molecule has 1 aliphatic heterocycles. The number of rotatable bonds is 6. The number of nitrogens with zero attached hydrogens (tertiary/aromatic N) is 1. The fraction of sp³-hybridized carbons (Fsp3) is 0.462. The maximum atomic E-state index is 10.7. The summed E-state index contributed by atoms with van der Waals surface area (Å²) in [6, 6.07) is 6.40. The molecule has 0 saturated carbocycles. The molecule has 0 radical (unpaired) electrons. The van der Waals surface area contributed by atoms with Gasteiger partial charge in [-0.2, -0.15) is 0 Å². The van der Waals surface area contributed by atoms with Crippen LogP contribution in [0.5, 0.6) is 0 Å². The summed E-state index contributed by atoms with van der Waals surface area (Å²) in [5.41, 5.74) is 0.874. The minimum absolute atomic E-state index is 0.0624. The highest BCUT2D eigenvalue weighted by molar-refractivity contribution is 5.72. The summed E-state index contributed by atoms with van der Waals surface area (Å²) in [5, 5.41) is 22.6. The lowest BCUT2D eigenvalue weighted by Crippen LogP contribution is -2.28. The van der Waals surface area contributed by atoms with Gasteiger partial charge in [-0.1, -0.05) is 12.1 Å². The molecule has 2 N–H and O–H groups in total. The van der Waals surface area contributed by atoms with E-state index in [0.717, 1.165) is 5.56 Å². The summed E-state index contributed by atoms with van der Waals surface area (Å²) in [7, 11) is 0. The molecular weight excluding hydrogens is 264 g/mol. The number of non-ortho nitro benzene ring substituents is 1. The number of aliphatic carboxylic acids is 1. The zero-order valence-corrected chi connectivity index (χ0v) is 10.8. The zero-order valence-electron chi connectivity index (χ0n) is 10.8. The van der Waals surface area contributed by atoms with Gasteiger partial charge in [-0.05, 0) is 18.4 Å². The molecule has 1 aromatic carbocycles. The van der Waals surface area contributed by atoms with E-state index in [1.807, 2.05) is 0 Å². The van der Waals surface area contributed by atoms with E-state index in [0.29, 0.717) is 25.9 Å². The Bertz CT molecular complexity index is 505. The van der Waals surface area contributed by atoms with E-state index in [1.165, 1.54) is 12.1 Å². The Labute approximate surface area is 115 Å². The van der Waals surface area contributed by atoms with Crippen LogP contribution in [0.2, 0.25) is 0 Å². The van der Waals surface area contributed by atoms with Gasteiger partial charge in [-0.3, -0.25) is 10.1 Å². The molecule has 0 bridgehead atoms. The lowest BCUT2D eigenvalue weighted by atomic mass is 10.2. The summed E-state index contributed by atoms with van der Waals surface area (Å²) in [6.45, 7) is 1.02. The molecule has 1 fully saturated rings. The standard InChI is InChI=1S/C13H16N2O5/c16-13(17)12-5-4-11(20-12)8-14-7-9-2-1-3-10(6-9)15(18)19/h1-3,6,11-12,14H,4-5,7-8H2,(H,16,17). The number of carboxylic acids is 1. The van der Waals surface area contributed by atoms with Crippen LogP contribution in [-0.4, -0.2) is 34.8 Å². The third-order valence-corrected chi connectivity index (χ3v) is 3.21. The first-order chi connectivity index (χ1) is 9.56. The summed E-state index contributed by atoms with van der Waals surface area (Å²) < 4.78 is 5.35. The number of hydrogen-bond acceptors (Lipinski definition) is 5.